The minimum Gasteiger partial charge on any atom is -0.497 e. The lowest BCUT2D eigenvalue weighted by molar-refractivity contribution is -0.140. The molecule has 0 aromatic heterocycles. The maximum absolute atomic E-state index is 12.6. The Kier molecular flexibility index (Phi) is 6.51. The zero-order valence-electron chi connectivity index (χ0n) is 15.2. The van der Waals surface area contributed by atoms with Gasteiger partial charge >= 0.3 is 0 Å². The number of rotatable bonds is 6. The van der Waals surface area contributed by atoms with Crippen LogP contribution < -0.4 is 15.5 Å². The average Bonchev–Trinajstić information content (AvgIpc) is 2.73. The molecule has 0 aliphatic rings. The van der Waals surface area contributed by atoms with Crippen molar-refractivity contribution in [3.05, 3.63) is 54.1 Å². The van der Waals surface area contributed by atoms with E-state index in [1.807, 2.05) is 24.3 Å². The fourth-order valence-corrected chi connectivity index (χ4v) is 2.58. The van der Waals surface area contributed by atoms with Crippen molar-refractivity contribution in [1.29, 1.82) is 0 Å². The second-order valence-electron chi connectivity index (χ2n) is 5.71. The lowest BCUT2D eigenvalue weighted by atomic mass is 10.0. The molecule has 2 rings (SSSR count). The first-order chi connectivity index (χ1) is 12.9. The topological polar surface area (TPSA) is 108 Å². The highest BCUT2D eigenvalue weighted by Crippen LogP contribution is 2.23. The van der Waals surface area contributed by atoms with Crippen LogP contribution >= 0.6 is 0 Å². The lowest BCUT2D eigenvalue weighted by Crippen LogP contribution is -2.54. The molecule has 2 aromatic carbocycles. The molecule has 0 heterocycles. The summed E-state index contributed by atoms with van der Waals surface area (Å²) in [7, 11) is 4.24. The Bertz CT molecular complexity index is 802. The van der Waals surface area contributed by atoms with Gasteiger partial charge in [-0.25, -0.2) is 5.48 Å². The molecule has 3 N–H and O–H groups in total. The highest BCUT2D eigenvalue weighted by Gasteiger charge is 2.33. The molecule has 0 saturated heterocycles. The van der Waals surface area contributed by atoms with Crippen molar-refractivity contribution in [2.45, 2.75) is 6.04 Å². The maximum Gasteiger partial charge on any atom is 0.275 e. The number of carbonyl (C=O) groups excluding carboxylic acids is 3. The van der Waals surface area contributed by atoms with Crippen molar-refractivity contribution >= 4 is 17.7 Å². The second-order valence-corrected chi connectivity index (χ2v) is 5.71. The van der Waals surface area contributed by atoms with Crippen molar-refractivity contribution in [3.8, 4) is 16.9 Å². The van der Waals surface area contributed by atoms with Crippen LogP contribution in [0.1, 0.15) is 10.4 Å². The van der Waals surface area contributed by atoms with Gasteiger partial charge in [0.25, 0.3) is 17.7 Å². The van der Waals surface area contributed by atoms with E-state index in [1.54, 1.807) is 31.4 Å². The van der Waals surface area contributed by atoms with Gasteiger partial charge in [0, 0.05) is 19.7 Å². The predicted molar refractivity (Wildman–Crippen MR) is 98.3 cm³/mol. The van der Waals surface area contributed by atoms with Crippen LogP contribution in [0.5, 0.6) is 5.75 Å². The molecule has 0 bridgehead atoms. The molecule has 0 aliphatic heterocycles. The van der Waals surface area contributed by atoms with Crippen molar-refractivity contribution in [3.63, 3.8) is 0 Å². The maximum atomic E-state index is 12.6. The van der Waals surface area contributed by atoms with Crippen molar-refractivity contribution < 1.29 is 24.3 Å². The van der Waals surface area contributed by atoms with Crippen molar-refractivity contribution in [1.82, 2.24) is 15.7 Å². The zero-order valence-corrected chi connectivity index (χ0v) is 15.2. The van der Waals surface area contributed by atoms with Gasteiger partial charge in [-0.3, -0.25) is 19.6 Å². The zero-order chi connectivity index (χ0) is 20.0. The molecule has 1 unspecified atom stereocenters. The standard InChI is InChI=1S/C19H21N3O5/c1-20-17(23)16(18(24)21-26)22(2)19(25)14-6-4-12(5-7-14)13-8-10-15(27-3)11-9-13/h4-11,16,26H,1-3H3,(H,20,23)(H,21,24). The van der Waals surface area contributed by atoms with E-state index in [1.165, 1.54) is 19.6 Å². The van der Waals surface area contributed by atoms with E-state index in [9.17, 15) is 14.4 Å². The van der Waals surface area contributed by atoms with Gasteiger partial charge in [-0.1, -0.05) is 24.3 Å². The second kappa shape index (κ2) is 8.81. The van der Waals surface area contributed by atoms with Crippen LogP contribution in [-0.2, 0) is 9.59 Å². The van der Waals surface area contributed by atoms with Crippen LogP contribution in [0, 0.1) is 0 Å². The number of nitrogens with one attached hydrogen (secondary N) is 2. The Morgan fingerprint density at radius 2 is 1.48 bits per heavy atom. The van der Waals surface area contributed by atoms with E-state index in [0.29, 0.717) is 5.56 Å². The van der Waals surface area contributed by atoms with E-state index in [4.69, 9.17) is 9.94 Å². The number of benzene rings is 2. The van der Waals surface area contributed by atoms with Crippen LogP contribution in [0.3, 0.4) is 0 Å². The number of hydrogen-bond donors (Lipinski definition) is 3. The molecule has 142 valence electrons. The molecule has 8 heteroatoms. The van der Waals surface area contributed by atoms with Crippen LogP contribution in [0.25, 0.3) is 11.1 Å². The molecule has 27 heavy (non-hydrogen) atoms. The van der Waals surface area contributed by atoms with Crippen LogP contribution in [0.15, 0.2) is 48.5 Å². The quantitative estimate of drug-likeness (QED) is 0.400. The number of ether oxygens (including phenoxy) is 1. The molecule has 0 aliphatic carbocycles. The van der Waals surface area contributed by atoms with E-state index in [0.717, 1.165) is 21.8 Å². The summed E-state index contributed by atoms with van der Waals surface area (Å²) in [6.07, 6.45) is 0. The van der Waals surface area contributed by atoms with Crippen LogP contribution in [0.4, 0.5) is 0 Å². The lowest BCUT2D eigenvalue weighted by Gasteiger charge is -2.25. The number of methoxy groups -OCH3 is 1. The summed E-state index contributed by atoms with van der Waals surface area (Å²) in [6.45, 7) is 0. The number of hydrogen-bond acceptors (Lipinski definition) is 5. The van der Waals surface area contributed by atoms with Gasteiger partial charge < -0.3 is 15.0 Å². The molecule has 1 atom stereocenters. The van der Waals surface area contributed by atoms with Gasteiger partial charge in [-0.2, -0.15) is 0 Å². The van der Waals surface area contributed by atoms with Gasteiger partial charge in [0.15, 0.2) is 6.04 Å². The number of carbonyl (C=O) groups is 3. The Balaban J connectivity index is 2.22. The van der Waals surface area contributed by atoms with Gasteiger partial charge in [0.2, 0.25) is 0 Å². The minimum atomic E-state index is -1.49. The van der Waals surface area contributed by atoms with Gasteiger partial charge in [-0.15, -0.1) is 0 Å². The summed E-state index contributed by atoms with van der Waals surface area (Å²) in [5.74, 6) is -1.50. The molecule has 0 radical (unpaired) electrons. The highest BCUT2D eigenvalue weighted by atomic mass is 16.5. The predicted octanol–water partition coefficient (Wildman–Crippen LogP) is 1.05. The van der Waals surface area contributed by atoms with E-state index in [-0.39, 0.29) is 0 Å². The first kappa shape index (κ1) is 19.9. The van der Waals surface area contributed by atoms with E-state index >= 15 is 0 Å². The third-order valence-corrected chi connectivity index (χ3v) is 4.12. The highest BCUT2D eigenvalue weighted by molar-refractivity contribution is 6.08. The summed E-state index contributed by atoms with van der Waals surface area (Å²) >= 11 is 0. The largest absolute Gasteiger partial charge is 0.497 e. The minimum absolute atomic E-state index is 0.300. The SMILES string of the molecule is CNC(=O)C(C(=O)NO)N(C)C(=O)c1ccc(-c2ccc(OC)cc2)cc1. The molecule has 2 aromatic rings. The number of amides is 3. The average molecular weight is 371 g/mol. The van der Waals surface area contributed by atoms with Gasteiger partial charge in [0.1, 0.15) is 5.75 Å². The molecule has 3 amide bonds. The van der Waals surface area contributed by atoms with Gasteiger partial charge in [0.05, 0.1) is 7.11 Å². The molecule has 0 spiro atoms. The van der Waals surface area contributed by atoms with Crippen LogP contribution in [0.2, 0.25) is 0 Å². The fourth-order valence-electron chi connectivity index (χ4n) is 2.58. The summed E-state index contributed by atoms with van der Waals surface area (Å²) in [4.78, 5) is 37.2. The van der Waals surface area contributed by atoms with Crippen LogP contribution in [-0.4, -0.2) is 55.1 Å². The summed E-state index contributed by atoms with van der Waals surface area (Å²) in [5.41, 5.74) is 3.55. The van der Waals surface area contributed by atoms with Crippen molar-refractivity contribution in [2.24, 2.45) is 0 Å². The Morgan fingerprint density at radius 3 is 1.93 bits per heavy atom. The third kappa shape index (κ3) is 4.42. The number of nitrogens with zero attached hydrogens (tertiary/aromatic N) is 1. The fraction of sp³-hybridized carbons (Fsp3) is 0.211. The number of likely N-dealkylation sites (N-methyl/N-ethyl adjacent to an activating group) is 2. The Labute approximate surface area is 156 Å². The van der Waals surface area contributed by atoms with Crippen molar-refractivity contribution in [2.75, 3.05) is 21.2 Å². The first-order valence-electron chi connectivity index (χ1n) is 8.10. The van der Waals surface area contributed by atoms with Gasteiger partial charge in [-0.05, 0) is 35.4 Å². The Morgan fingerprint density at radius 1 is 0.963 bits per heavy atom. The first-order valence-corrected chi connectivity index (χ1v) is 8.10. The Hall–Kier alpha value is -3.39. The normalized spacial score (nSPS) is 11.3. The monoisotopic (exact) mass is 371 g/mol. The third-order valence-electron chi connectivity index (χ3n) is 4.12. The van der Waals surface area contributed by atoms with E-state index in [2.05, 4.69) is 5.32 Å². The molecule has 0 saturated carbocycles. The molecular formula is C19H21N3O5. The van der Waals surface area contributed by atoms with E-state index < -0.39 is 23.8 Å². The molecule has 0 fully saturated rings. The molecular weight excluding hydrogens is 350 g/mol. The molecule has 8 nitrogen and oxygen atoms in total. The summed E-state index contributed by atoms with van der Waals surface area (Å²) in [6, 6.07) is 12.7. The summed E-state index contributed by atoms with van der Waals surface area (Å²) < 4.78 is 5.13. The summed E-state index contributed by atoms with van der Waals surface area (Å²) in [5, 5.41) is 11.1. The number of hydroxylamine groups is 1. The smallest absolute Gasteiger partial charge is 0.275 e.